The largest absolute Gasteiger partial charge is 0.396 e. The number of hydrogen-bond donors (Lipinski definition) is 2. The van der Waals surface area contributed by atoms with Gasteiger partial charge < -0.3 is 15.2 Å². The Morgan fingerprint density at radius 2 is 2.12 bits per heavy atom. The van der Waals surface area contributed by atoms with Gasteiger partial charge in [-0.3, -0.25) is 0 Å². The lowest BCUT2D eigenvalue weighted by molar-refractivity contribution is -0.116. The molecule has 0 heterocycles. The molecule has 3 atom stereocenters. The second-order valence-electron chi connectivity index (χ2n) is 5.34. The van der Waals surface area contributed by atoms with Crippen LogP contribution < -0.4 is 5.32 Å². The van der Waals surface area contributed by atoms with Crippen molar-refractivity contribution in [1.82, 2.24) is 5.32 Å². The van der Waals surface area contributed by atoms with Crippen LogP contribution in [-0.4, -0.2) is 36.5 Å². The number of nitrogens with one attached hydrogen (secondary N) is 1. The quantitative estimate of drug-likeness (QED) is 0.701. The molecule has 0 spiro atoms. The highest BCUT2D eigenvalue weighted by Crippen LogP contribution is 2.43. The lowest BCUT2D eigenvalue weighted by atomic mass is 9.64. The highest BCUT2D eigenvalue weighted by Gasteiger charge is 2.49. The van der Waals surface area contributed by atoms with Gasteiger partial charge in [0.1, 0.15) is 0 Å². The van der Waals surface area contributed by atoms with Crippen molar-refractivity contribution in [2.75, 3.05) is 13.2 Å². The SMILES string of the molecule is CCOC1CC(NC(CC)CCO)C1(C)C. The highest BCUT2D eigenvalue weighted by atomic mass is 16.5. The van der Waals surface area contributed by atoms with Crippen LogP contribution >= 0.6 is 0 Å². The maximum atomic E-state index is 8.97. The molecule has 0 radical (unpaired) electrons. The first-order valence-corrected chi connectivity index (χ1v) is 6.54. The summed E-state index contributed by atoms with van der Waals surface area (Å²) < 4.78 is 5.71. The normalized spacial score (nSPS) is 29.8. The summed E-state index contributed by atoms with van der Waals surface area (Å²) in [6, 6.07) is 0.970. The molecule has 3 heteroatoms. The van der Waals surface area contributed by atoms with Crippen LogP contribution in [0.2, 0.25) is 0 Å². The van der Waals surface area contributed by atoms with E-state index in [1.807, 2.05) is 0 Å². The molecule has 1 aliphatic carbocycles. The minimum absolute atomic E-state index is 0.221. The van der Waals surface area contributed by atoms with Crippen LogP contribution in [0.1, 0.15) is 47.0 Å². The van der Waals surface area contributed by atoms with E-state index < -0.39 is 0 Å². The summed E-state index contributed by atoms with van der Waals surface area (Å²) in [7, 11) is 0. The van der Waals surface area contributed by atoms with Gasteiger partial charge in [0, 0.05) is 30.7 Å². The molecule has 1 saturated carbocycles. The van der Waals surface area contributed by atoms with E-state index in [0.717, 1.165) is 25.9 Å². The van der Waals surface area contributed by atoms with Crippen molar-refractivity contribution in [3.63, 3.8) is 0 Å². The number of rotatable bonds is 7. The molecule has 0 aromatic rings. The lowest BCUT2D eigenvalue weighted by Crippen LogP contribution is -2.62. The molecule has 3 nitrogen and oxygen atoms in total. The smallest absolute Gasteiger partial charge is 0.0655 e. The first-order chi connectivity index (χ1) is 7.56. The molecule has 2 N–H and O–H groups in total. The number of ether oxygens (including phenoxy) is 1. The molecule has 0 bridgehead atoms. The van der Waals surface area contributed by atoms with E-state index in [2.05, 4.69) is 33.0 Å². The minimum atomic E-state index is 0.221. The van der Waals surface area contributed by atoms with E-state index in [1.165, 1.54) is 0 Å². The van der Waals surface area contributed by atoms with Gasteiger partial charge in [0.2, 0.25) is 0 Å². The zero-order valence-electron chi connectivity index (χ0n) is 11.1. The van der Waals surface area contributed by atoms with Gasteiger partial charge >= 0.3 is 0 Å². The second kappa shape index (κ2) is 5.99. The molecule has 0 aliphatic heterocycles. The topological polar surface area (TPSA) is 41.5 Å². The molecule has 1 rings (SSSR count). The standard InChI is InChI=1S/C13H27NO2/c1-5-10(7-8-15)14-11-9-12(16-6-2)13(11,3)4/h10-12,14-15H,5-9H2,1-4H3. The molecule has 0 amide bonds. The van der Waals surface area contributed by atoms with E-state index in [-0.39, 0.29) is 12.0 Å². The summed E-state index contributed by atoms with van der Waals surface area (Å²) in [5, 5.41) is 12.6. The van der Waals surface area contributed by atoms with E-state index in [1.54, 1.807) is 0 Å². The summed E-state index contributed by atoms with van der Waals surface area (Å²) in [6.07, 6.45) is 3.42. The van der Waals surface area contributed by atoms with Crippen molar-refractivity contribution < 1.29 is 9.84 Å². The molecule has 3 unspecified atom stereocenters. The molecule has 1 fully saturated rings. The van der Waals surface area contributed by atoms with Gasteiger partial charge in [0.05, 0.1) is 6.10 Å². The Hall–Kier alpha value is -0.120. The van der Waals surface area contributed by atoms with Gasteiger partial charge in [0.15, 0.2) is 0 Å². The Balaban J connectivity index is 2.40. The Bertz CT molecular complexity index is 206. The summed E-state index contributed by atoms with van der Waals surface area (Å²) >= 11 is 0. The summed E-state index contributed by atoms with van der Waals surface area (Å²) in [4.78, 5) is 0. The Kier molecular flexibility index (Phi) is 5.22. The maximum absolute atomic E-state index is 8.97. The molecule has 0 aromatic carbocycles. The fraction of sp³-hybridized carbons (Fsp3) is 1.00. The predicted molar refractivity (Wildman–Crippen MR) is 66.5 cm³/mol. The van der Waals surface area contributed by atoms with Crippen LogP contribution in [0.5, 0.6) is 0 Å². The van der Waals surface area contributed by atoms with E-state index in [9.17, 15) is 0 Å². The maximum Gasteiger partial charge on any atom is 0.0655 e. The van der Waals surface area contributed by atoms with Crippen LogP contribution in [0.25, 0.3) is 0 Å². The highest BCUT2D eigenvalue weighted by molar-refractivity contribution is 5.03. The fourth-order valence-electron chi connectivity index (χ4n) is 2.50. The zero-order chi connectivity index (χ0) is 12.2. The third kappa shape index (κ3) is 2.96. The number of aliphatic hydroxyl groups is 1. The average molecular weight is 229 g/mol. The van der Waals surface area contributed by atoms with Gasteiger partial charge in [-0.15, -0.1) is 0 Å². The van der Waals surface area contributed by atoms with Crippen LogP contribution in [-0.2, 0) is 4.74 Å². The van der Waals surface area contributed by atoms with Crippen LogP contribution in [0.4, 0.5) is 0 Å². The molecular weight excluding hydrogens is 202 g/mol. The lowest BCUT2D eigenvalue weighted by Gasteiger charge is -2.53. The van der Waals surface area contributed by atoms with Crippen molar-refractivity contribution in [2.45, 2.75) is 65.1 Å². The third-order valence-electron chi connectivity index (χ3n) is 3.95. The Morgan fingerprint density at radius 3 is 2.56 bits per heavy atom. The summed E-state index contributed by atoms with van der Waals surface area (Å²) in [6.45, 7) is 9.82. The molecule has 1 aliphatic rings. The molecule has 0 saturated heterocycles. The third-order valence-corrected chi connectivity index (χ3v) is 3.95. The monoisotopic (exact) mass is 229 g/mol. The van der Waals surface area contributed by atoms with Crippen molar-refractivity contribution >= 4 is 0 Å². The Morgan fingerprint density at radius 1 is 1.44 bits per heavy atom. The summed E-state index contributed by atoms with van der Waals surface area (Å²) in [5.74, 6) is 0. The van der Waals surface area contributed by atoms with Crippen molar-refractivity contribution in [3.8, 4) is 0 Å². The molecule has 16 heavy (non-hydrogen) atoms. The zero-order valence-corrected chi connectivity index (χ0v) is 11.1. The van der Waals surface area contributed by atoms with Crippen molar-refractivity contribution in [1.29, 1.82) is 0 Å². The van der Waals surface area contributed by atoms with Gasteiger partial charge in [0.25, 0.3) is 0 Å². The van der Waals surface area contributed by atoms with Crippen LogP contribution in [0.15, 0.2) is 0 Å². The van der Waals surface area contributed by atoms with Crippen molar-refractivity contribution in [3.05, 3.63) is 0 Å². The van der Waals surface area contributed by atoms with Crippen molar-refractivity contribution in [2.24, 2.45) is 5.41 Å². The minimum Gasteiger partial charge on any atom is -0.396 e. The summed E-state index contributed by atoms with van der Waals surface area (Å²) in [5.41, 5.74) is 0.221. The van der Waals surface area contributed by atoms with E-state index in [4.69, 9.17) is 9.84 Å². The van der Waals surface area contributed by atoms with Crippen LogP contribution in [0.3, 0.4) is 0 Å². The number of aliphatic hydroxyl groups excluding tert-OH is 1. The van der Waals surface area contributed by atoms with E-state index in [0.29, 0.717) is 18.2 Å². The average Bonchev–Trinajstić information content (AvgIpc) is 2.26. The van der Waals surface area contributed by atoms with Gasteiger partial charge in [-0.1, -0.05) is 20.8 Å². The van der Waals surface area contributed by atoms with E-state index >= 15 is 0 Å². The predicted octanol–water partition coefficient (Wildman–Crippen LogP) is 1.94. The number of hydrogen-bond acceptors (Lipinski definition) is 3. The first kappa shape index (κ1) is 13.9. The van der Waals surface area contributed by atoms with Crippen LogP contribution in [0, 0.1) is 5.41 Å². The first-order valence-electron chi connectivity index (χ1n) is 6.54. The fourth-order valence-corrected chi connectivity index (χ4v) is 2.50. The van der Waals surface area contributed by atoms with Gasteiger partial charge in [-0.05, 0) is 26.2 Å². The molecule has 0 aromatic heterocycles. The second-order valence-corrected chi connectivity index (χ2v) is 5.34. The van der Waals surface area contributed by atoms with Gasteiger partial charge in [-0.2, -0.15) is 0 Å². The van der Waals surface area contributed by atoms with Gasteiger partial charge in [-0.25, -0.2) is 0 Å². The Labute approximate surface area is 99.6 Å². The molecule has 96 valence electrons. The molecular formula is C13H27NO2.